The lowest BCUT2D eigenvalue weighted by Crippen LogP contribution is -2.08. The fourth-order valence-corrected chi connectivity index (χ4v) is 2.84. The number of ether oxygens (including phenoxy) is 1. The zero-order valence-electron chi connectivity index (χ0n) is 12.7. The lowest BCUT2D eigenvalue weighted by Gasteiger charge is -2.02. The monoisotopic (exact) mass is 311 g/mol. The molecule has 0 amide bonds. The van der Waals surface area contributed by atoms with Crippen molar-refractivity contribution in [2.75, 3.05) is 20.2 Å². The Morgan fingerprint density at radius 3 is 3.04 bits per heavy atom. The summed E-state index contributed by atoms with van der Waals surface area (Å²) >= 11 is 0. The Kier molecular flexibility index (Phi) is 3.55. The molecule has 2 N–H and O–H groups in total. The van der Waals surface area contributed by atoms with Crippen molar-refractivity contribution in [3.05, 3.63) is 36.0 Å². The summed E-state index contributed by atoms with van der Waals surface area (Å²) in [6, 6.07) is 9.56. The normalized spacial score (nSPS) is 17.5. The second-order valence-electron chi connectivity index (χ2n) is 5.52. The summed E-state index contributed by atoms with van der Waals surface area (Å²) in [6.07, 6.45) is 1.11. The van der Waals surface area contributed by atoms with Gasteiger partial charge in [-0.15, -0.1) is 0 Å². The van der Waals surface area contributed by atoms with Gasteiger partial charge in [0.05, 0.1) is 12.7 Å². The Balaban J connectivity index is 1.63. The lowest BCUT2D eigenvalue weighted by atomic mass is 10.1. The molecule has 1 unspecified atom stereocenters. The van der Waals surface area contributed by atoms with Crippen LogP contribution in [0.3, 0.4) is 0 Å². The molecule has 1 atom stereocenters. The Labute approximate surface area is 133 Å². The van der Waals surface area contributed by atoms with Gasteiger partial charge in [-0.25, -0.2) is 0 Å². The third kappa shape index (κ3) is 2.59. The van der Waals surface area contributed by atoms with Crippen molar-refractivity contribution in [3.8, 4) is 28.7 Å². The molecule has 0 bridgehead atoms. The second-order valence-corrected chi connectivity index (χ2v) is 5.52. The van der Waals surface area contributed by atoms with Gasteiger partial charge in [-0.1, -0.05) is 17.3 Å². The molecule has 3 heterocycles. The Bertz CT molecular complexity index is 804. The van der Waals surface area contributed by atoms with Crippen LogP contribution in [0.1, 0.15) is 18.0 Å². The van der Waals surface area contributed by atoms with Gasteiger partial charge in [-0.05, 0) is 31.2 Å². The number of H-pyrrole nitrogens is 1. The third-order valence-corrected chi connectivity index (χ3v) is 4.09. The van der Waals surface area contributed by atoms with E-state index in [1.165, 1.54) is 0 Å². The van der Waals surface area contributed by atoms with Crippen molar-refractivity contribution in [2.24, 2.45) is 0 Å². The van der Waals surface area contributed by atoms with Crippen molar-refractivity contribution in [1.29, 1.82) is 0 Å². The predicted molar refractivity (Wildman–Crippen MR) is 84.1 cm³/mol. The van der Waals surface area contributed by atoms with Gasteiger partial charge >= 0.3 is 0 Å². The van der Waals surface area contributed by atoms with Crippen molar-refractivity contribution >= 4 is 0 Å². The number of hydrogen-bond donors (Lipinski definition) is 2. The zero-order valence-corrected chi connectivity index (χ0v) is 12.7. The van der Waals surface area contributed by atoms with Crippen LogP contribution in [0.5, 0.6) is 5.75 Å². The summed E-state index contributed by atoms with van der Waals surface area (Å²) < 4.78 is 10.7. The Hall–Kier alpha value is -2.67. The van der Waals surface area contributed by atoms with Crippen LogP contribution in [0.25, 0.3) is 23.0 Å². The van der Waals surface area contributed by atoms with Crippen LogP contribution >= 0.6 is 0 Å². The molecule has 1 aliphatic heterocycles. The minimum atomic E-state index is 0.402. The van der Waals surface area contributed by atoms with Crippen molar-refractivity contribution in [1.82, 2.24) is 25.7 Å². The van der Waals surface area contributed by atoms with Gasteiger partial charge in [-0.2, -0.15) is 10.1 Å². The highest BCUT2D eigenvalue weighted by molar-refractivity contribution is 5.65. The number of rotatable bonds is 4. The molecule has 0 aliphatic carbocycles. The second kappa shape index (κ2) is 5.85. The number of benzene rings is 1. The van der Waals surface area contributed by atoms with E-state index in [4.69, 9.17) is 9.26 Å². The first-order chi connectivity index (χ1) is 11.3. The van der Waals surface area contributed by atoms with Gasteiger partial charge < -0.3 is 14.6 Å². The number of nitrogens with zero attached hydrogens (tertiary/aromatic N) is 3. The van der Waals surface area contributed by atoms with Crippen LogP contribution in [0, 0.1) is 0 Å². The number of aromatic nitrogens is 4. The van der Waals surface area contributed by atoms with E-state index < -0.39 is 0 Å². The average Bonchev–Trinajstić information content (AvgIpc) is 3.34. The quantitative estimate of drug-likeness (QED) is 0.768. The smallest absolute Gasteiger partial charge is 0.278 e. The molecule has 1 saturated heterocycles. The van der Waals surface area contributed by atoms with Crippen LogP contribution in [-0.2, 0) is 0 Å². The first-order valence-corrected chi connectivity index (χ1v) is 7.58. The standard InChI is InChI=1S/C16H17N5O2/c1-22-14-5-3-2-4-11(14)15-18-16(23-21-15)13-8-12(19-20-13)10-6-7-17-9-10/h2-5,8,10,17H,6-7,9H2,1H3,(H,19,20). The van der Waals surface area contributed by atoms with E-state index in [-0.39, 0.29) is 0 Å². The van der Waals surface area contributed by atoms with E-state index in [1.54, 1.807) is 7.11 Å². The number of aromatic amines is 1. The third-order valence-electron chi connectivity index (χ3n) is 4.09. The number of methoxy groups -OCH3 is 1. The van der Waals surface area contributed by atoms with Gasteiger partial charge in [-0.3, -0.25) is 5.10 Å². The summed E-state index contributed by atoms with van der Waals surface area (Å²) in [5.74, 6) is 2.07. The summed E-state index contributed by atoms with van der Waals surface area (Å²) in [5.41, 5.74) is 2.56. The molecule has 2 aromatic heterocycles. The van der Waals surface area contributed by atoms with E-state index in [2.05, 4.69) is 25.7 Å². The molecule has 118 valence electrons. The topological polar surface area (TPSA) is 88.9 Å². The molecule has 7 nitrogen and oxygen atoms in total. The van der Waals surface area contributed by atoms with Crippen molar-refractivity contribution < 1.29 is 9.26 Å². The van der Waals surface area contributed by atoms with Crippen LogP contribution in [0.2, 0.25) is 0 Å². The number of nitrogens with one attached hydrogen (secondary N) is 2. The lowest BCUT2D eigenvalue weighted by molar-refractivity contribution is 0.413. The summed E-state index contributed by atoms with van der Waals surface area (Å²) in [7, 11) is 1.62. The summed E-state index contributed by atoms with van der Waals surface area (Å²) in [5, 5.41) is 14.8. The summed E-state index contributed by atoms with van der Waals surface area (Å²) in [6.45, 7) is 2.01. The first-order valence-electron chi connectivity index (χ1n) is 7.58. The van der Waals surface area contributed by atoms with Crippen molar-refractivity contribution in [3.63, 3.8) is 0 Å². The van der Waals surface area contributed by atoms with Gasteiger partial charge in [0.2, 0.25) is 5.82 Å². The maximum atomic E-state index is 5.37. The number of hydrogen-bond acceptors (Lipinski definition) is 6. The highest BCUT2D eigenvalue weighted by atomic mass is 16.5. The van der Waals surface area contributed by atoms with E-state index in [1.807, 2.05) is 30.3 Å². The van der Waals surface area contributed by atoms with E-state index in [0.29, 0.717) is 29.1 Å². The fourth-order valence-electron chi connectivity index (χ4n) is 2.84. The summed E-state index contributed by atoms with van der Waals surface area (Å²) in [4.78, 5) is 4.44. The highest BCUT2D eigenvalue weighted by Crippen LogP contribution is 2.29. The first kappa shape index (κ1) is 14.0. The molecule has 4 rings (SSSR count). The Morgan fingerprint density at radius 2 is 2.22 bits per heavy atom. The van der Waals surface area contributed by atoms with Gasteiger partial charge in [0.25, 0.3) is 5.89 Å². The Morgan fingerprint density at radius 1 is 1.30 bits per heavy atom. The maximum absolute atomic E-state index is 5.37. The molecule has 23 heavy (non-hydrogen) atoms. The predicted octanol–water partition coefficient (Wildman–Crippen LogP) is 2.21. The molecular formula is C16H17N5O2. The highest BCUT2D eigenvalue weighted by Gasteiger charge is 2.21. The van der Waals surface area contributed by atoms with E-state index in [0.717, 1.165) is 30.8 Å². The van der Waals surface area contributed by atoms with Gasteiger partial charge in [0.1, 0.15) is 5.75 Å². The fraction of sp³-hybridized carbons (Fsp3) is 0.312. The molecule has 1 aliphatic rings. The molecule has 0 saturated carbocycles. The molecular weight excluding hydrogens is 294 g/mol. The van der Waals surface area contributed by atoms with E-state index in [9.17, 15) is 0 Å². The number of para-hydroxylation sites is 1. The molecule has 3 aromatic rings. The van der Waals surface area contributed by atoms with Gasteiger partial charge in [0.15, 0.2) is 5.69 Å². The molecule has 7 heteroatoms. The SMILES string of the molecule is COc1ccccc1-c1noc(-c2cc(C3CCNC3)[nH]n2)n1. The molecule has 0 radical (unpaired) electrons. The van der Waals surface area contributed by atoms with Crippen LogP contribution in [-0.4, -0.2) is 40.5 Å². The molecule has 0 spiro atoms. The molecule has 1 aromatic carbocycles. The van der Waals surface area contributed by atoms with Crippen LogP contribution in [0.4, 0.5) is 0 Å². The zero-order chi connectivity index (χ0) is 15.6. The average molecular weight is 311 g/mol. The molecule has 1 fully saturated rings. The van der Waals surface area contributed by atoms with Gasteiger partial charge in [0, 0.05) is 18.2 Å². The van der Waals surface area contributed by atoms with Crippen LogP contribution in [0.15, 0.2) is 34.9 Å². The van der Waals surface area contributed by atoms with E-state index >= 15 is 0 Å². The minimum absolute atomic E-state index is 0.402. The largest absolute Gasteiger partial charge is 0.496 e. The minimum Gasteiger partial charge on any atom is -0.496 e. The maximum Gasteiger partial charge on any atom is 0.278 e. The van der Waals surface area contributed by atoms with Crippen molar-refractivity contribution in [2.45, 2.75) is 12.3 Å². The van der Waals surface area contributed by atoms with Crippen LogP contribution < -0.4 is 10.1 Å².